The van der Waals surface area contributed by atoms with Crippen LogP contribution in [0.15, 0.2) is 30.3 Å². The van der Waals surface area contributed by atoms with Crippen LogP contribution >= 0.6 is 0 Å². The van der Waals surface area contributed by atoms with Crippen LogP contribution in [0.1, 0.15) is 37.6 Å². The van der Waals surface area contributed by atoms with Crippen molar-refractivity contribution < 1.29 is 9.00 Å². The van der Waals surface area contributed by atoms with Crippen LogP contribution < -0.4 is 0 Å². The van der Waals surface area contributed by atoms with Crippen molar-refractivity contribution in [1.29, 1.82) is 0 Å². The minimum atomic E-state index is -1.09. The summed E-state index contributed by atoms with van der Waals surface area (Å²) in [5.74, 6) is -0.0285. The summed E-state index contributed by atoms with van der Waals surface area (Å²) in [5, 5.41) is -0.347. The molecule has 0 N–H and O–H groups in total. The SMILES string of the molecule is CCC(C)S(=O)C(C)C(=O)c1ccccc1. The van der Waals surface area contributed by atoms with E-state index in [4.69, 9.17) is 0 Å². The highest BCUT2D eigenvalue weighted by atomic mass is 32.2. The lowest BCUT2D eigenvalue weighted by atomic mass is 10.1. The molecule has 2 nitrogen and oxygen atoms in total. The zero-order chi connectivity index (χ0) is 12.1. The second-order valence-electron chi connectivity index (χ2n) is 3.92. The van der Waals surface area contributed by atoms with E-state index in [0.717, 1.165) is 6.42 Å². The van der Waals surface area contributed by atoms with Gasteiger partial charge in [-0.3, -0.25) is 9.00 Å². The number of hydrogen-bond acceptors (Lipinski definition) is 2. The van der Waals surface area contributed by atoms with Gasteiger partial charge in [-0.25, -0.2) is 0 Å². The third-order valence-corrected chi connectivity index (χ3v) is 4.78. The van der Waals surface area contributed by atoms with Gasteiger partial charge >= 0.3 is 0 Å². The molecule has 0 aliphatic heterocycles. The summed E-state index contributed by atoms with van der Waals surface area (Å²) < 4.78 is 12.0. The van der Waals surface area contributed by atoms with E-state index in [2.05, 4.69) is 0 Å². The number of rotatable bonds is 5. The van der Waals surface area contributed by atoms with Crippen molar-refractivity contribution in [2.24, 2.45) is 0 Å². The van der Waals surface area contributed by atoms with E-state index in [-0.39, 0.29) is 11.0 Å². The number of carbonyl (C=O) groups is 1. The molecule has 0 heterocycles. The highest BCUT2D eigenvalue weighted by molar-refractivity contribution is 7.87. The van der Waals surface area contributed by atoms with E-state index >= 15 is 0 Å². The fourth-order valence-electron chi connectivity index (χ4n) is 1.46. The molecule has 0 bridgehead atoms. The van der Waals surface area contributed by atoms with E-state index in [9.17, 15) is 9.00 Å². The van der Waals surface area contributed by atoms with Crippen LogP contribution in [-0.2, 0) is 10.8 Å². The lowest BCUT2D eigenvalue weighted by Gasteiger charge is -2.15. The molecule has 3 unspecified atom stereocenters. The number of carbonyl (C=O) groups excluding carboxylic acids is 1. The fourth-order valence-corrected chi connectivity index (χ4v) is 2.83. The molecule has 0 amide bonds. The Kier molecular flexibility index (Phi) is 4.87. The van der Waals surface area contributed by atoms with Crippen molar-refractivity contribution in [2.45, 2.75) is 37.7 Å². The lowest BCUT2D eigenvalue weighted by molar-refractivity contribution is 0.0992. The van der Waals surface area contributed by atoms with Crippen LogP contribution in [0.25, 0.3) is 0 Å². The summed E-state index contributed by atoms with van der Waals surface area (Å²) in [6, 6.07) is 9.06. The summed E-state index contributed by atoms with van der Waals surface area (Å²) in [6.45, 7) is 5.66. The van der Waals surface area contributed by atoms with Gasteiger partial charge in [0.2, 0.25) is 0 Å². The molecule has 1 aromatic rings. The summed E-state index contributed by atoms with van der Waals surface area (Å²) in [4.78, 5) is 12.0. The summed E-state index contributed by atoms with van der Waals surface area (Å²) in [6.07, 6.45) is 0.832. The van der Waals surface area contributed by atoms with Crippen molar-refractivity contribution in [1.82, 2.24) is 0 Å². The first-order valence-corrected chi connectivity index (χ1v) is 6.84. The summed E-state index contributed by atoms with van der Waals surface area (Å²) >= 11 is 0. The van der Waals surface area contributed by atoms with Gasteiger partial charge in [-0.1, -0.05) is 44.2 Å². The van der Waals surface area contributed by atoms with Gasteiger partial charge in [-0.2, -0.15) is 0 Å². The van der Waals surface area contributed by atoms with Crippen molar-refractivity contribution in [3.63, 3.8) is 0 Å². The first kappa shape index (κ1) is 13.1. The molecule has 3 atom stereocenters. The molecule has 0 aliphatic carbocycles. The van der Waals surface area contributed by atoms with Crippen LogP contribution in [0.4, 0.5) is 0 Å². The topological polar surface area (TPSA) is 34.1 Å². The van der Waals surface area contributed by atoms with Gasteiger partial charge in [0, 0.05) is 21.6 Å². The molecule has 1 rings (SSSR count). The summed E-state index contributed by atoms with van der Waals surface area (Å²) in [5.41, 5.74) is 0.645. The molecule has 0 saturated carbocycles. The Morgan fingerprint density at radius 1 is 1.25 bits per heavy atom. The molecular weight excluding hydrogens is 220 g/mol. The molecule has 3 heteroatoms. The van der Waals surface area contributed by atoms with Crippen LogP contribution in [0.3, 0.4) is 0 Å². The van der Waals surface area contributed by atoms with E-state index < -0.39 is 16.0 Å². The van der Waals surface area contributed by atoms with Crippen molar-refractivity contribution >= 4 is 16.6 Å². The lowest BCUT2D eigenvalue weighted by Crippen LogP contribution is -2.28. The highest BCUT2D eigenvalue weighted by Crippen LogP contribution is 2.12. The molecule has 0 aromatic heterocycles. The maximum Gasteiger partial charge on any atom is 0.178 e. The fraction of sp³-hybridized carbons (Fsp3) is 0.462. The van der Waals surface area contributed by atoms with Gasteiger partial charge in [-0.15, -0.1) is 0 Å². The third-order valence-electron chi connectivity index (χ3n) is 2.75. The van der Waals surface area contributed by atoms with Crippen LogP contribution in [0.5, 0.6) is 0 Å². The normalized spacial score (nSPS) is 16.4. The third kappa shape index (κ3) is 3.01. The molecule has 1 aromatic carbocycles. The van der Waals surface area contributed by atoms with Crippen molar-refractivity contribution in [3.8, 4) is 0 Å². The smallest absolute Gasteiger partial charge is 0.178 e. The second kappa shape index (κ2) is 5.94. The molecule has 0 spiro atoms. The average Bonchev–Trinajstić information content (AvgIpc) is 2.36. The number of benzene rings is 1. The number of hydrogen-bond donors (Lipinski definition) is 0. The average molecular weight is 238 g/mol. The summed E-state index contributed by atoms with van der Waals surface area (Å²) in [7, 11) is -1.09. The zero-order valence-corrected chi connectivity index (χ0v) is 10.8. The first-order valence-electron chi connectivity index (χ1n) is 5.56. The molecule has 0 radical (unpaired) electrons. The largest absolute Gasteiger partial charge is 0.293 e. The van der Waals surface area contributed by atoms with E-state index in [1.807, 2.05) is 32.0 Å². The van der Waals surface area contributed by atoms with E-state index in [0.29, 0.717) is 5.56 Å². The Labute approximate surface area is 99.5 Å². The molecular formula is C13H18O2S. The van der Waals surface area contributed by atoms with Crippen molar-refractivity contribution in [2.75, 3.05) is 0 Å². The minimum absolute atomic E-state index is 0.0285. The first-order chi connectivity index (χ1) is 7.57. The minimum Gasteiger partial charge on any atom is -0.293 e. The van der Waals surface area contributed by atoms with Crippen LogP contribution in [0, 0.1) is 0 Å². The Balaban J connectivity index is 2.79. The molecule has 16 heavy (non-hydrogen) atoms. The Bertz CT molecular complexity index is 373. The van der Waals surface area contributed by atoms with Gasteiger partial charge in [0.25, 0.3) is 0 Å². The predicted octanol–water partition coefficient (Wildman–Crippen LogP) is 2.81. The molecule has 0 saturated heterocycles. The quantitative estimate of drug-likeness (QED) is 0.739. The standard InChI is InChI=1S/C13H18O2S/c1-4-10(2)16(15)11(3)13(14)12-8-6-5-7-9-12/h5-11H,4H2,1-3H3. The second-order valence-corrected chi connectivity index (χ2v) is 6.09. The molecule has 88 valence electrons. The van der Waals surface area contributed by atoms with Gasteiger partial charge in [0.05, 0.1) is 5.25 Å². The Morgan fingerprint density at radius 2 is 1.81 bits per heavy atom. The highest BCUT2D eigenvalue weighted by Gasteiger charge is 2.24. The number of Topliss-reactive ketones (excluding diaryl/α,β-unsaturated/α-hetero) is 1. The van der Waals surface area contributed by atoms with E-state index in [1.54, 1.807) is 19.1 Å². The van der Waals surface area contributed by atoms with Gasteiger partial charge in [0.15, 0.2) is 5.78 Å². The maximum absolute atomic E-state index is 12.0. The van der Waals surface area contributed by atoms with Crippen molar-refractivity contribution in [3.05, 3.63) is 35.9 Å². The monoisotopic (exact) mass is 238 g/mol. The zero-order valence-electron chi connectivity index (χ0n) is 9.97. The van der Waals surface area contributed by atoms with Gasteiger partial charge in [-0.05, 0) is 13.3 Å². The van der Waals surface area contributed by atoms with Crippen LogP contribution in [-0.4, -0.2) is 20.5 Å². The predicted molar refractivity (Wildman–Crippen MR) is 68.1 cm³/mol. The van der Waals surface area contributed by atoms with E-state index in [1.165, 1.54) is 0 Å². The van der Waals surface area contributed by atoms with Gasteiger partial charge in [0.1, 0.15) is 0 Å². The van der Waals surface area contributed by atoms with Gasteiger partial charge < -0.3 is 0 Å². The Hall–Kier alpha value is -0.960. The number of ketones is 1. The molecule has 0 aliphatic rings. The van der Waals surface area contributed by atoms with Crippen LogP contribution in [0.2, 0.25) is 0 Å². The molecule has 0 fully saturated rings. The Morgan fingerprint density at radius 3 is 2.31 bits per heavy atom. The maximum atomic E-state index is 12.0.